The minimum Gasteiger partial charge on any atom is -0.369 e. The highest BCUT2D eigenvalue weighted by Crippen LogP contribution is 2.29. The molecule has 2 heterocycles. The zero-order valence-corrected chi connectivity index (χ0v) is 10.5. The minimum absolute atomic E-state index is 0.131. The third-order valence-corrected chi connectivity index (χ3v) is 2.49. The number of anilines is 1. The molecule has 3 N–H and O–H groups in total. The van der Waals surface area contributed by atoms with E-state index in [0.29, 0.717) is 12.0 Å². The summed E-state index contributed by atoms with van der Waals surface area (Å²) in [6, 6.07) is 1.68. The van der Waals surface area contributed by atoms with Crippen molar-refractivity contribution in [1.82, 2.24) is 15.1 Å². The lowest BCUT2D eigenvalue weighted by atomic mass is 10.2. The number of alkyl halides is 3. The van der Waals surface area contributed by atoms with Crippen LogP contribution in [0.3, 0.4) is 0 Å². The molecule has 0 saturated carbocycles. The third-order valence-electron chi connectivity index (χ3n) is 2.49. The number of carbonyl (C=O) groups is 1. The van der Waals surface area contributed by atoms with Gasteiger partial charge in [-0.2, -0.15) is 18.2 Å². The van der Waals surface area contributed by atoms with Crippen molar-refractivity contribution in [3.63, 3.8) is 0 Å². The van der Waals surface area contributed by atoms with Gasteiger partial charge in [0.1, 0.15) is 11.5 Å². The highest BCUT2D eigenvalue weighted by Gasteiger charge is 2.33. The number of nitrogens with zero attached hydrogens (tertiary/aromatic N) is 3. The molecule has 0 aliphatic rings. The molecular weight excluding hydrogens is 291 g/mol. The fourth-order valence-corrected chi connectivity index (χ4v) is 1.54. The van der Waals surface area contributed by atoms with Crippen molar-refractivity contribution in [3.8, 4) is 0 Å². The normalized spacial score (nSPS) is 11.4. The van der Waals surface area contributed by atoms with Crippen molar-refractivity contribution in [2.24, 2.45) is 5.73 Å². The third kappa shape index (κ3) is 3.68. The monoisotopic (exact) mass is 301 g/mol. The molecule has 0 unspecified atom stereocenters. The van der Waals surface area contributed by atoms with Crippen LogP contribution >= 0.6 is 0 Å². The molecule has 0 saturated heterocycles. The van der Waals surface area contributed by atoms with Crippen LogP contribution < -0.4 is 11.1 Å². The Balaban J connectivity index is 2.16. The Kier molecular flexibility index (Phi) is 4.05. The Labute approximate surface area is 116 Å². The second kappa shape index (κ2) is 5.77. The average Bonchev–Trinajstić information content (AvgIpc) is 2.90. The van der Waals surface area contributed by atoms with Crippen LogP contribution in [0.4, 0.5) is 19.0 Å². The number of aromatic nitrogens is 3. The molecule has 0 aliphatic heterocycles. The summed E-state index contributed by atoms with van der Waals surface area (Å²) in [5.41, 5.74) is 3.85. The maximum absolute atomic E-state index is 12.6. The molecule has 7 nitrogen and oxygen atoms in total. The van der Waals surface area contributed by atoms with Crippen LogP contribution in [0.25, 0.3) is 0 Å². The van der Waals surface area contributed by atoms with Crippen molar-refractivity contribution in [2.75, 3.05) is 11.9 Å². The fourth-order valence-electron chi connectivity index (χ4n) is 1.54. The Morgan fingerprint density at radius 1 is 1.38 bits per heavy atom. The van der Waals surface area contributed by atoms with Crippen molar-refractivity contribution in [3.05, 3.63) is 35.6 Å². The van der Waals surface area contributed by atoms with Crippen LogP contribution in [0.2, 0.25) is 0 Å². The Morgan fingerprint density at radius 2 is 2.14 bits per heavy atom. The van der Waals surface area contributed by atoms with E-state index in [2.05, 4.69) is 20.4 Å². The van der Waals surface area contributed by atoms with Crippen molar-refractivity contribution < 1.29 is 22.5 Å². The number of hydrogen-bond donors (Lipinski definition) is 2. The highest BCUT2D eigenvalue weighted by atomic mass is 19.4. The molecule has 0 radical (unpaired) electrons. The van der Waals surface area contributed by atoms with Crippen LogP contribution in [0.1, 0.15) is 21.9 Å². The number of pyridine rings is 1. The van der Waals surface area contributed by atoms with Gasteiger partial charge in [0.25, 0.3) is 5.91 Å². The van der Waals surface area contributed by atoms with Gasteiger partial charge in [-0.1, -0.05) is 5.16 Å². The van der Waals surface area contributed by atoms with Gasteiger partial charge in [-0.3, -0.25) is 4.79 Å². The summed E-state index contributed by atoms with van der Waals surface area (Å²) in [6.45, 7) is 0.150. The number of nitrogens with one attached hydrogen (secondary N) is 1. The van der Waals surface area contributed by atoms with Gasteiger partial charge in [0.2, 0.25) is 5.89 Å². The van der Waals surface area contributed by atoms with E-state index in [-0.39, 0.29) is 24.3 Å². The lowest BCUT2D eigenvalue weighted by Crippen LogP contribution is -2.19. The molecule has 0 bridgehead atoms. The molecular formula is C11H10F3N5O2. The SMILES string of the molecule is NC(=O)c1ccc(C(F)(F)F)nc1NCCc1ncno1. The summed E-state index contributed by atoms with van der Waals surface area (Å²) in [7, 11) is 0. The van der Waals surface area contributed by atoms with Gasteiger partial charge < -0.3 is 15.6 Å². The fraction of sp³-hybridized carbons (Fsp3) is 0.273. The van der Waals surface area contributed by atoms with E-state index < -0.39 is 17.8 Å². The minimum atomic E-state index is -4.61. The summed E-state index contributed by atoms with van der Waals surface area (Å²) in [5, 5.41) is 5.99. The molecule has 2 aromatic heterocycles. The molecule has 2 aromatic rings. The first-order valence-electron chi connectivity index (χ1n) is 5.75. The molecule has 0 aliphatic carbocycles. The number of amides is 1. The van der Waals surface area contributed by atoms with Crippen LogP contribution in [0.15, 0.2) is 23.0 Å². The Hall–Kier alpha value is -2.65. The van der Waals surface area contributed by atoms with E-state index >= 15 is 0 Å². The average molecular weight is 301 g/mol. The number of primary amides is 1. The van der Waals surface area contributed by atoms with Crippen molar-refractivity contribution >= 4 is 11.7 Å². The number of halogens is 3. The molecule has 0 fully saturated rings. The van der Waals surface area contributed by atoms with Gasteiger partial charge in [0, 0.05) is 13.0 Å². The van der Waals surface area contributed by atoms with Crippen LogP contribution in [0, 0.1) is 0 Å². The standard InChI is InChI=1S/C11H10F3N5O2/c12-11(13,14)7-2-1-6(9(15)20)10(19-7)16-4-3-8-17-5-18-21-8/h1-2,5H,3-4H2,(H2,15,20)(H,16,19). The first kappa shape index (κ1) is 14.8. The Morgan fingerprint density at radius 3 is 2.71 bits per heavy atom. The van der Waals surface area contributed by atoms with E-state index in [9.17, 15) is 18.0 Å². The van der Waals surface area contributed by atoms with E-state index in [0.717, 1.165) is 6.07 Å². The number of hydrogen-bond acceptors (Lipinski definition) is 6. The maximum Gasteiger partial charge on any atom is 0.433 e. The zero-order valence-electron chi connectivity index (χ0n) is 10.5. The van der Waals surface area contributed by atoms with Gasteiger partial charge in [-0.05, 0) is 12.1 Å². The molecule has 0 spiro atoms. The van der Waals surface area contributed by atoms with E-state index in [4.69, 9.17) is 10.3 Å². The van der Waals surface area contributed by atoms with Gasteiger partial charge >= 0.3 is 6.18 Å². The molecule has 2 rings (SSSR count). The smallest absolute Gasteiger partial charge is 0.369 e. The van der Waals surface area contributed by atoms with Crippen molar-refractivity contribution in [2.45, 2.75) is 12.6 Å². The lowest BCUT2D eigenvalue weighted by molar-refractivity contribution is -0.141. The van der Waals surface area contributed by atoms with Gasteiger partial charge in [0.05, 0.1) is 5.56 Å². The van der Waals surface area contributed by atoms with Crippen LogP contribution in [-0.4, -0.2) is 27.6 Å². The first-order chi connectivity index (χ1) is 9.88. The number of rotatable bonds is 5. The van der Waals surface area contributed by atoms with Gasteiger partial charge in [-0.25, -0.2) is 4.98 Å². The molecule has 10 heteroatoms. The van der Waals surface area contributed by atoms with E-state index in [1.165, 1.54) is 6.33 Å². The second-order valence-corrected chi connectivity index (χ2v) is 3.97. The van der Waals surface area contributed by atoms with E-state index in [1.807, 2.05) is 0 Å². The molecule has 21 heavy (non-hydrogen) atoms. The number of nitrogens with two attached hydrogens (primary N) is 1. The summed E-state index contributed by atoms with van der Waals surface area (Å²) in [4.78, 5) is 18.3. The topological polar surface area (TPSA) is 107 Å². The van der Waals surface area contributed by atoms with Crippen LogP contribution in [0.5, 0.6) is 0 Å². The quantitative estimate of drug-likeness (QED) is 0.860. The molecule has 0 aromatic carbocycles. The van der Waals surface area contributed by atoms with Gasteiger partial charge in [0.15, 0.2) is 6.33 Å². The molecule has 0 atom stereocenters. The second-order valence-electron chi connectivity index (χ2n) is 3.97. The van der Waals surface area contributed by atoms with Crippen molar-refractivity contribution in [1.29, 1.82) is 0 Å². The van der Waals surface area contributed by atoms with Gasteiger partial charge in [-0.15, -0.1) is 0 Å². The summed E-state index contributed by atoms with van der Waals surface area (Å²) in [6.07, 6.45) is -3.15. The zero-order chi connectivity index (χ0) is 15.5. The molecule has 112 valence electrons. The largest absolute Gasteiger partial charge is 0.433 e. The first-order valence-corrected chi connectivity index (χ1v) is 5.75. The summed E-state index contributed by atoms with van der Waals surface area (Å²) in [5.74, 6) is -0.816. The molecule has 1 amide bonds. The number of carbonyl (C=O) groups excluding carboxylic acids is 1. The van der Waals surface area contributed by atoms with Crippen LogP contribution in [-0.2, 0) is 12.6 Å². The predicted octanol–water partition coefficient (Wildman–Crippen LogP) is 1.24. The van der Waals surface area contributed by atoms with E-state index in [1.54, 1.807) is 0 Å². The summed E-state index contributed by atoms with van der Waals surface area (Å²) >= 11 is 0. The lowest BCUT2D eigenvalue weighted by Gasteiger charge is -2.12. The summed E-state index contributed by atoms with van der Waals surface area (Å²) < 4.78 is 42.6. The highest BCUT2D eigenvalue weighted by molar-refractivity contribution is 5.97. The Bertz CT molecular complexity index is 627. The predicted molar refractivity (Wildman–Crippen MR) is 64.2 cm³/mol. The maximum atomic E-state index is 12.6.